The molecule has 0 saturated carbocycles. The minimum Gasteiger partial charge on any atom is -0.497 e. The zero-order valence-corrected chi connectivity index (χ0v) is 54.5. The maximum absolute atomic E-state index is 16.1. The molecule has 24 nitrogen and oxygen atoms in total. The largest absolute Gasteiger partial charge is 0.530 e. The van der Waals surface area contributed by atoms with Gasteiger partial charge in [-0.2, -0.15) is 15.2 Å². The van der Waals surface area contributed by atoms with Crippen molar-refractivity contribution in [1.29, 1.82) is 5.26 Å². The molecule has 0 spiro atoms. The van der Waals surface area contributed by atoms with Crippen LogP contribution < -0.4 is 40.5 Å². The third kappa shape index (κ3) is 16.3. The number of anilines is 2. The molecule has 11 rings (SSSR count). The number of phosphoric ester groups is 2. The molecular weight excluding hydrogens is 1320 g/mol. The number of amides is 2. The first-order valence-corrected chi connectivity index (χ1v) is 33.5. The second-order valence-corrected chi connectivity index (χ2v) is 25.4. The van der Waals surface area contributed by atoms with Crippen molar-refractivity contribution in [2.24, 2.45) is 0 Å². The highest BCUT2D eigenvalue weighted by molar-refractivity contribution is 7.49. The number of methoxy groups -OCH3 is 2. The molecule has 96 heavy (non-hydrogen) atoms. The maximum Gasteiger partial charge on any atom is 0.530 e. The number of ether oxygens (including phenoxy) is 5. The van der Waals surface area contributed by atoms with Crippen LogP contribution in [0, 0.1) is 11.3 Å². The molecule has 2 saturated heterocycles. The fraction of sp³-hybridized carbons (Fsp3) is 0.221. The number of nitrogens with zero attached hydrogens (tertiary/aromatic N) is 5. The maximum atomic E-state index is 16.1. The first-order valence-electron chi connectivity index (χ1n) is 29.9. The van der Waals surface area contributed by atoms with Crippen molar-refractivity contribution >= 4 is 62.3 Å². The highest BCUT2D eigenvalue weighted by atomic mass is 35.5. The molecule has 4 heterocycles. The Morgan fingerprint density at radius 2 is 0.969 bits per heavy atom. The highest BCUT2D eigenvalue weighted by Gasteiger charge is 2.50. The van der Waals surface area contributed by atoms with Crippen LogP contribution in [-0.2, 0) is 47.0 Å². The molecule has 2 aromatic heterocycles. The van der Waals surface area contributed by atoms with E-state index in [-0.39, 0.29) is 59.0 Å². The summed E-state index contributed by atoms with van der Waals surface area (Å²) in [6.07, 6.45) is -6.28. The number of hydrogen-bond acceptors (Lipinski definition) is 20. The number of aromatic nitrogens is 4. The van der Waals surface area contributed by atoms with Crippen molar-refractivity contribution in [3.05, 3.63) is 271 Å². The summed E-state index contributed by atoms with van der Waals surface area (Å²) in [5, 5.41) is 14.7. The SMILES string of the molecule is COc1ccc(C(OC[C@H]2O[C@@H](n3ccc(NC(=O)c4ccccc4)nc3=O)C[C@@H]2OP(=O)(OCC2O[C@@H](n3ccc(NC(=O)c4ccccc4)nc3=O)C[C@@H]2OP(=O)(OCCC#N)Oc2ccccc2Cl)Oc2ccccc2Cl)(c2ccccc2)c2ccc(OC)cc2)cc1. The lowest BCUT2D eigenvalue weighted by Crippen LogP contribution is -2.38. The molecule has 2 aliphatic heterocycles. The lowest BCUT2D eigenvalue weighted by atomic mass is 9.80. The molecule has 7 aromatic carbocycles. The van der Waals surface area contributed by atoms with Gasteiger partial charge in [0.2, 0.25) is 0 Å². The first kappa shape index (κ1) is 68.1. The standard InChI is InChI=1S/C68H61Cl2N7O17P2/c1-84-50-31-27-48(28-32-50)68(47-21-10-5-11-22-47,49-29-33-51(85-2)34-30-49)86-43-58-56(41-62(89-58)76-38-35-60(74-66(76)80)72-64(78)45-17-6-3-7-18-45)94-96(83,92-55-26-15-13-24-53(55)70)88-44-59-57(93-95(82,87-40-16-37-71)91-54-25-14-12-23-52(54)69)42-63(90-59)77-39-36-61(75-67(77)81)73-65(79)46-19-8-4-9-20-46/h3-15,17-36,38-39,56-59,62-63H,16,40-44H2,1-2H3,(H,72,74,78,80)(H,73,75,79,81)/t56-,57-,58+,59?,62+,63+,95?,96?/m0/s1. The molecule has 494 valence electrons. The van der Waals surface area contributed by atoms with Gasteiger partial charge in [-0.15, -0.1) is 0 Å². The molecular formula is C68H61Cl2N7O17P2. The second kappa shape index (κ2) is 31.1. The van der Waals surface area contributed by atoms with Crippen molar-refractivity contribution in [3.8, 4) is 29.1 Å². The number of nitriles is 1. The van der Waals surface area contributed by atoms with Crippen LogP contribution >= 0.6 is 38.8 Å². The summed E-state index contributed by atoms with van der Waals surface area (Å²) in [5.41, 5.74) is -0.618. The van der Waals surface area contributed by atoms with Crippen molar-refractivity contribution < 1.29 is 69.5 Å². The number of nitrogens with one attached hydrogen (secondary N) is 2. The highest BCUT2D eigenvalue weighted by Crippen LogP contribution is 2.57. The van der Waals surface area contributed by atoms with E-state index in [1.54, 1.807) is 123 Å². The number of hydrogen-bond donors (Lipinski definition) is 2. The number of para-hydroxylation sites is 2. The van der Waals surface area contributed by atoms with Crippen LogP contribution in [0.5, 0.6) is 23.0 Å². The van der Waals surface area contributed by atoms with Crippen molar-refractivity contribution in [2.45, 2.75) is 61.7 Å². The Morgan fingerprint density at radius 1 is 0.562 bits per heavy atom. The Kier molecular flexibility index (Phi) is 22.0. The van der Waals surface area contributed by atoms with Crippen LogP contribution in [-0.4, -0.2) is 89.4 Å². The smallest absolute Gasteiger partial charge is 0.497 e. The molecule has 0 aliphatic carbocycles. The molecule has 2 aliphatic rings. The van der Waals surface area contributed by atoms with Crippen LogP contribution in [0.15, 0.2) is 222 Å². The number of halogens is 2. The number of rotatable bonds is 28. The molecule has 2 amide bonds. The van der Waals surface area contributed by atoms with Gasteiger partial charge in [0, 0.05) is 36.4 Å². The van der Waals surface area contributed by atoms with Crippen molar-refractivity contribution in [1.82, 2.24) is 19.1 Å². The Labute approximate surface area is 560 Å². The van der Waals surface area contributed by atoms with E-state index in [0.717, 1.165) is 4.57 Å². The molecule has 2 fully saturated rings. The average Bonchev–Trinajstić information content (AvgIpc) is 1.29. The molecule has 0 radical (unpaired) electrons. The minimum absolute atomic E-state index is 0.0186. The van der Waals surface area contributed by atoms with Gasteiger partial charge in [-0.1, -0.05) is 138 Å². The van der Waals surface area contributed by atoms with E-state index in [9.17, 15) is 29.0 Å². The Morgan fingerprint density at radius 3 is 1.40 bits per heavy atom. The van der Waals surface area contributed by atoms with Crippen LogP contribution in [0.25, 0.3) is 0 Å². The quantitative estimate of drug-likeness (QED) is 0.0262. The normalized spacial score (nSPS) is 18.8. The number of carbonyl (C=O) groups is 2. The first-order chi connectivity index (χ1) is 46.5. The van der Waals surface area contributed by atoms with E-state index in [4.69, 9.17) is 74.0 Å². The summed E-state index contributed by atoms with van der Waals surface area (Å²) in [7, 11) is -6.95. The van der Waals surface area contributed by atoms with Gasteiger partial charge in [0.15, 0.2) is 0 Å². The number of benzene rings is 7. The third-order valence-corrected chi connectivity index (χ3v) is 18.8. The van der Waals surface area contributed by atoms with Gasteiger partial charge in [-0.05, 0) is 102 Å². The predicted octanol–water partition coefficient (Wildman–Crippen LogP) is 13.0. The van der Waals surface area contributed by atoms with Crippen LogP contribution in [0.1, 0.15) is 69.1 Å². The predicted molar refractivity (Wildman–Crippen MR) is 352 cm³/mol. The zero-order valence-electron chi connectivity index (χ0n) is 51.2. The summed E-state index contributed by atoms with van der Waals surface area (Å²) in [5.74, 6) is -0.348. The average molecular weight is 1380 g/mol. The fourth-order valence-electron chi connectivity index (χ4n) is 10.6. The van der Waals surface area contributed by atoms with Gasteiger partial charge in [-0.3, -0.25) is 36.8 Å². The van der Waals surface area contributed by atoms with Gasteiger partial charge in [0.25, 0.3) is 11.8 Å². The van der Waals surface area contributed by atoms with E-state index < -0.39 is 94.5 Å². The Balaban J connectivity index is 0.960. The minimum atomic E-state index is -5.19. The van der Waals surface area contributed by atoms with Gasteiger partial charge in [0.1, 0.15) is 77.1 Å². The fourth-order valence-corrected chi connectivity index (χ4v) is 14.0. The molecule has 9 aromatic rings. The Bertz CT molecular complexity index is 4400. The zero-order chi connectivity index (χ0) is 67.2. The van der Waals surface area contributed by atoms with Gasteiger partial charge in [0.05, 0.1) is 56.6 Å². The molecule has 28 heteroatoms. The van der Waals surface area contributed by atoms with E-state index in [1.165, 1.54) is 53.4 Å². The Hall–Kier alpha value is -9.31. The second-order valence-electron chi connectivity index (χ2n) is 21.5. The summed E-state index contributed by atoms with van der Waals surface area (Å²) >= 11 is 13.2. The third-order valence-electron chi connectivity index (χ3n) is 15.3. The van der Waals surface area contributed by atoms with E-state index in [1.807, 2.05) is 60.7 Å². The topological polar surface area (TPSA) is 287 Å². The summed E-state index contributed by atoms with van der Waals surface area (Å²) in [4.78, 5) is 62.8. The van der Waals surface area contributed by atoms with E-state index in [0.29, 0.717) is 39.3 Å². The lowest BCUT2D eigenvalue weighted by molar-refractivity contribution is -0.0949. The molecule has 2 N–H and O–H groups in total. The van der Waals surface area contributed by atoms with Crippen molar-refractivity contribution in [3.63, 3.8) is 0 Å². The summed E-state index contributed by atoms with van der Waals surface area (Å²) < 4.78 is 102. The number of phosphoric acid groups is 2. The van der Waals surface area contributed by atoms with Gasteiger partial charge >= 0.3 is 27.0 Å². The summed E-state index contributed by atoms with van der Waals surface area (Å²) in [6.45, 7) is -1.62. The number of carbonyl (C=O) groups excluding carboxylic acids is 2. The van der Waals surface area contributed by atoms with Crippen molar-refractivity contribution in [2.75, 3.05) is 44.7 Å². The van der Waals surface area contributed by atoms with Gasteiger partial charge < -0.3 is 43.4 Å². The lowest BCUT2D eigenvalue weighted by Gasteiger charge is -2.37. The molecule has 0 bridgehead atoms. The van der Waals surface area contributed by atoms with E-state index >= 15 is 4.57 Å². The van der Waals surface area contributed by atoms with Crippen LogP contribution in [0.3, 0.4) is 0 Å². The summed E-state index contributed by atoms with van der Waals surface area (Å²) in [6, 6.07) is 57.3. The van der Waals surface area contributed by atoms with Crippen LogP contribution in [0.4, 0.5) is 11.6 Å². The van der Waals surface area contributed by atoms with E-state index in [2.05, 4.69) is 20.6 Å². The van der Waals surface area contributed by atoms with Gasteiger partial charge in [-0.25, -0.2) is 18.7 Å². The molecule has 3 unspecified atom stereocenters. The molecule has 8 atom stereocenters. The van der Waals surface area contributed by atoms with Crippen LogP contribution in [0.2, 0.25) is 10.0 Å². The monoisotopic (exact) mass is 1380 g/mol.